The van der Waals surface area contributed by atoms with Crippen LogP contribution in [0, 0.1) is 0 Å². The summed E-state index contributed by atoms with van der Waals surface area (Å²) >= 11 is 0. The van der Waals surface area contributed by atoms with E-state index in [0.29, 0.717) is 0 Å². The van der Waals surface area contributed by atoms with Crippen LogP contribution in [0.3, 0.4) is 0 Å². The van der Waals surface area contributed by atoms with Crippen molar-refractivity contribution in [3.05, 3.63) is 30.5 Å². The average Bonchev–Trinajstić information content (AvgIpc) is 2.36. The summed E-state index contributed by atoms with van der Waals surface area (Å²) in [5.41, 5.74) is 8.86. The summed E-state index contributed by atoms with van der Waals surface area (Å²) in [5, 5.41) is 1.11. The topological polar surface area (TPSA) is 45.4 Å². The molecule has 18 heavy (non-hydrogen) atoms. The van der Waals surface area contributed by atoms with Crippen molar-refractivity contribution in [3.8, 4) is 0 Å². The lowest BCUT2D eigenvalue weighted by Crippen LogP contribution is -2.29. The van der Waals surface area contributed by atoms with Gasteiger partial charge in [-0.3, -0.25) is 4.98 Å². The monoisotopic (exact) mass is 244 g/mol. The largest absolute Gasteiger partial charge is 0.396 e. The highest BCUT2D eigenvalue weighted by Gasteiger charge is 2.10. The fraction of sp³-hybridized carbons (Fsp3) is 0.357. The molecule has 1 aromatic heterocycles. The van der Waals surface area contributed by atoms with E-state index in [1.54, 1.807) is 6.20 Å². The Morgan fingerprint density at radius 1 is 1.11 bits per heavy atom. The minimum absolute atomic E-state index is 0.731. The third-order valence-electron chi connectivity index (χ3n) is 3.04. The van der Waals surface area contributed by atoms with Gasteiger partial charge >= 0.3 is 0 Å². The lowest BCUT2D eigenvalue weighted by atomic mass is 10.1. The van der Waals surface area contributed by atoms with Crippen LogP contribution < -0.4 is 10.6 Å². The first kappa shape index (κ1) is 12.6. The number of benzene rings is 1. The molecule has 0 fully saturated rings. The van der Waals surface area contributed by atoms with Crippen molar-refractivity contribution in [2.45, 2.75) is 0 Å². The van der Waals surface area contributed by atoms with E-state index in [1.807, 2.05) is 18.2 Å². The number of rotatable bonds is 4. The molecule has 0 saturated carbocycles. The SMILES string of the molecule is CN(C)CCN(C)c1c(N)cnc2ccccc12. The zero-order chi connectivity index (χ0) is 13.1. The summed E-state index contributed by atoms with van der Waals surface area (Å²) < 4.78 is 0. The second-order valence-electron chi connectivity index (χ2n) is 4.80. The first-order valence-corrected chi connectivity index (χ1v) is 6.08. The Morgan fingerprint density at radius 3 is 2.56 bits per heavy atom. The van der Waals surface area contributed by atoms with Crippen molar-refractivity contribution >= 4 is 22.3 Å². The van der Waals surface area contributed by atoms with Crippen LogP contribution in [0.15, 0.2) is 30.5 Å². The summed E-state index contributed by atoms with van der Waals surface area (Å²) in [6.07, 6.45) is 1.74. The predicted octanol–water partition coefficient (Wildman–Crippen LogP) is 1.81. The Bertz CT molecular complexity index is 536. The highest BCUT2D eigenvalue weighted by molar-refractivity contribution is 5.97. The summed E-state index contributed by atoms with van der Waals surface area (Å²) in [6, 6.07) is 8.10. The van der Waals surface area contributed by atoms with Gasteiger partial charge in [0.1, 0.15) is 0 Å². The maximum absolute atomic E-state index is 6.08. The average molecular weight is 244 g/mol. The van der Waals surface area contributed by atoms with Gasteiger partial charge in [-0.25, -0.2) is 0 Å². The molecular formula is C14H20N4. The van der Waals surface area contributed by atoms with Crippen LogP contribution in [0.4, 0.5) is 11.4 Å². The molecule has 0 bridgehead atoms. The Kier molecular flexibility index (Phi) is 3.67. The van der Waals surface area contributed by atoms with Gasteiger partial charge in [-0.2, -0.15) is 0 Å². The number of hydrogen-bond acceptors (Lipinski definition) is 4. The van der Waals surface area contributed by atoms with Crippen LogP contribution in [0.1, 0.15) is 0 Å². The molecular weight excluding hydrogens is 224 g/mol. The summed E-state index contributed by atoms with van der Waals surface area (Å²) in [5.74, 6) is 0. The number of hydrogen-bond donors (Lipinski definition) is 1. The maximum Gasteiger partial charge on any atom is 0.0745 e. The first-order chi connectivity index (χ1) is 8.59. The van der Waals surface area contributed by atoms with Crippen LogP contribution in [0.25, 0.3) is 10.9 Å². The number of aromatic nitrogens is 1. The van der Waals surface area contributed by atoms with Gasteiger partial charge in [0.25, 0.3) is 0 Å². The van der Waals surface area contributed by atoms with Gasteiger partial charge in [-0.05, 0) is 20.2 Å². The van der Waals surface area contributed by atoms with E-state index in [4.69, 9.17) is 5.73 Å². The molecule has 96 valence electrons. The summed E-state index contributed by atoms with van der Waals surface area (Å²) in [7, 11) is 6.21. The van der Waals surface area contributed by atoms with Crippen molar-refractivity contribution in [2.75, 3.05) is 44.9 Å². The fourth-order valence-corrected chi connectivity index (χ4v) is 2.03. The van der Waals surface area contributed by atoms with E-state index in [0.717, 1.165) is 35.4 Å². The predicted molar refractivity (Wildman–Crippen MR) is 78.0 cm³/mol. The Balaban J connectivity index is 2.39. The molecule has 2 aromatic rings. The molecule has 0 aliphatic carbocycles. The van der Waals surface area contributed by atoms with E-state index < -0.39 is 0 Å². The van der Waals surface area contributed by atoms with E-state index in [1.165, 1.54) is 0 Å². The highest BCUT2D eigenvalue weighted by Crippen LogP contribution is 2.30. The number of pyridine rings is 1. The molecule has 0 aliphatic rings. The van der Waals surface area contributed by atoms with Gasteiger partial charge in [-0.1, -0.05) is 18.2 Å². The van der Waals surface area contributed by atoms with Crippen molar-refractivity contribution < 1.29 is 0 Å². The van der Waals surface area contributed by atoms with Crippen molar-refractivity contribution in [1.29, 1.82) is 0 Å². The standard InChI is InChI=1S/C14H20N4/c1-17(2)8-9-18(3)14-11-6-4-5-7-13(11)16-10-12(14)15/h4-7,10H,8-9,15H2,1-3H3. The second-order valence-corrected chi connectivity index (χ2v) is 4.80. The number of nitrogens with two attached hydrogens (primary N) is 1. The molecule has 4 nitrogen and oxygen atoms in total. The molecule has 0 saturated heterocycles. The molecule has 1 aromatic carbocycles. The number of para-hydroxylation sites is 1. The van der Waals surface area contributed by atoms with Crippen LogP contribution in [-0.4, -0.2) is 44.1 Å². The third-order valence-corrected chi connectivity index (χ3v) is 3.04. The molecule has 1 heterocycles. The van der Waals surface area contributed by atoms with Gasteiger partial charge in [0.2, 0.25) is 0 Å². The Labute approximate surface area is 108 Å². The summed E-state index contributed by atoms with van der Waals surface area (Å²) in [6.45, 7) is 1.93. The van der Waals surface area contributed by atoms with Crippen LogP contribution in [0.2, 0.25) is 0 Å². The second kappa shape index (κ2) is 5.23. The minimum atomic E-state index is 0.731. The van der Waals surface area contributed by atoms with Gasteiger partial charge < -0.3 is 15.5 Å². The molecule has 0 spiro atoms. The fourth-order valence-electron chi connectivity index (χ4n) is 2.03. The van der Waals surface area contributed by atoms with Crippen molar-refractivity contribution in [3.63, 3.8) is 0 Å². The Morgan fingerprint density at radius 2 is 1.83 bits per heavy atom. The van der Waals surface area contributed by atoms with Crippen molar-refractivity contribution in [1.82, 2.24) is 9.88 Å². The van der Waals surface area contributed by atoms with Gasteiger partial charge in [0.15, 0.2) is 0 Å². The first-order valence-electron chi connectivity index (χ1n) is 6.08. The van der Waals surface area contributed by atoms with Crippen molar-refractivity contribution in [2.24, 2.45) is 0 Å². The lowest BCUT2D eigenvalue weighted by molar-refractivity contribution is 0.417. The quantitative estimate of drug-likeness (QED) is 0.891. The number of likely N-dealkylation sites (N-methyl/N-ethyl adjacent to an activating group) is 2. The smallest absolute Gasteiger partial charge is 0.0745 e. The van der Waals surface area contributed by atoms with E-state index in [-0.39, 0.29) is 0 Å². The van der Waals surface area contributed by atoms with Crippen LogP contribution >= 0.6 is 0 Å². The van der Waals surface area contributed by atoms with Gasteiger partial charge in [-0.15, -0.1) is 0 Å². The zero-order valence-corrected chi connectivity index (χ0v) is 11.2. The maximum atomic E-state index is 6.08. The number of anilines is 2. The zero-order valence-electron chi connectivity index (χ0n) is 11.2. The third kappa shape index (κ3) is 2.54. The minimum Gasteiger partial charge on any atom is -0.396 e. The summed E-state index contributed by atoms with van der Waals surface area (Å²) in [4.78, 5) is 8.71. The molecule has 4 heteroatoms. The molecule has 0 unspecified atom stereocenters. The van der Waals surface area contributed by atoms with Gasteiger partial charge in [0.05, 0.1) is 23.1 Å². The number of nitrogen functional groups attached to an aromatic ring is 1. The Hall–Kier alpha value is -1.81. The number of nitrogens with zero attached hydrogens (tertiary/aromatic N) is 3. The molecule has 2 N–H and O–H groups in total. The van der Waals surface area contributed by atoms with E-state index in [2.05, 4.69) is 42.0 Å². The molecule has 2 rings (SSSR count). The molecule has 0 amide bonds. The van der Waals surface area contributed by atoms with Gasteiger partial charge in [0, 0.05) is 25.5 Å². The van der Waals surface area contributed by atoms with E-state index in [9.17, 15) is 0 Å². The van der Waals surface area contributed by atoms with E-state index >= 15 is 0 Å². The lowest BCUT2D eigenvalue weighted by Gasteiger charge is -2.24. The number of fused-ring (bicyclic) bond motifs is 1. The normalized spacial score (nSPS) is 11.1. The van der Waals surface area contributed by atoms with Crippen LogP contribution in [-0.2, 0) is 0 Å². The molecule has 0 aliphatic heterocycles. The molecule has 0 atom stereocenters. The van der Waals surface area contributed by atoms with Crippen LogP contribution in [0.5, 0.6) is 0 Å². The molecule has 0 radical (unpaired) electrons. The highest BCUT2D eigenvalue weighted by atomic mass is 15.2.